The largest absolute Gasteiger partial charge is 0.495 e. The van der Waals surface area contributed by atoms with Crippen LogP contribution in [-0.2, 0) is 0 Å². The van der Waals surface area contributed by atoms with E-state index in [1.54, 1.807) is 25.3 Å². The first kappa shape index (κ1) is 14.5. The number of ether oxygens (including phenoxy) is 1. The summed E-state index contributed by atoms with van der Waals surface area (Å²) in [6.07, 6.45) is 0. The predicted molar refractivity (Wildman–Crippen MR) is 80.5 cm³/mol. The number of hydrogen-bond acceptors (Lipinski definition) is 2. The van der Waals surface area contributed by atoms with E-state index < -0.39 is 6.04 Å². The van der Waals surface area contributed by atoms with E-state index in [0.717, 1.165) is 11.1 Å². The van der Waals surface area contributed by atoms with Gasteiger partial charge in [0.05, 0.1) is 28.2 Å². The molecule has 100 valence electrons. The van der Waals surface area contributed by atoms with E-state index in [1.165, 1.54) is 0 Å². The van der Waals surface area contributed by atoms with Gasteiger partial charge in [0.1, 0.15) is 5.75 Å². The molecule has 0 spiro atoms. The topological polar surface area (TPSA) is 35.2 Å². The summed E-state index contributed by atoms with van der Waals surface area (Å²) >= 11 is 18.2. The van der Waals surface area contributed by atoms with Crippen LogP contribution >= 0.6 is 34.8 Å². The van der Waals surface area contributed by atoms with Crippen LogP contribution in [0.15, 0.2) is 36.4 Å². The third kappa shape index (κ3) is 2.98. The maximum Gasteiger partial charge on any atom is 0.137 e. The Kier molecular flexibility index (Phi) is 4.58. The molecule has 0 saturated carbocycles. The lowest BCUT2D eigenvalue weighted by Crippen LogP contribution is -2.12. The highest BCUT2D eigenvalue weighted by molar-refractivity contribution is 6.42. The molecule has 19 heavy (non-hydrogen) atoms. The van der Waals surface area contributed by atoms with Crippen LogP contribution in [0.2, 0.25) is 15.1 Å². The van der Waals surface area contributed by atoms with Gasteiger partial charge in [0.25, 0.3) is 0 Å². The molecule has 0 aliphatic rings. The van der Waals surface area contributed by atoms with Crippen LogP contribution in [0, 0.1) is 0 Å². The molecule has 0 fully saturated rings. The number of nitrogens with two attached hydrogens (primary N) is 1. The number of halogens is 3. The first-order valence-electron chi connectivity index (χ1n) is 5.57. The number of hydrogen-bond donors (Lipinski definition) is 1. The maximum atomic E-state index is 6.22. The van der Waals surface area contributed by atoms with Crippen molar-refractivity contribution in [1.82, 2.24) is 0 Å². The first-order valence-corrected chi connectivity index (χ1v) is 6.71. The highest BCUT2D eigenvalue weighted by atomic mass is 35.5. The van der Waals surface area contributed by atoms with Gasteiger partial charge in [-0.05, 0) is 29.3 Å². The van der Waals surface area contributed by atoms with Crippen molar-refractivity contribution in [1.29, 1.82) is 0 Å². The zero-order chi connectivity index (χ0) is 14.0. The highest BCUT2D eigenvalue weighted by Gasteiger charge is 2.15. The Hall–Kier alpha value is -0.930. The van der Waals surface area contributed by atoms with Gasteiger partial charge in [-0.25, -0.2) is 0 Å². The van der Waals surface area contributed by atoms with Gasteiger partial charge < -0.3 is 10.5 Å². The molecule has 2 nitrogen and oxygen atoms in total. The zero-order valence-corrected chi connectivity index (χ0v) is 12.4. The number of benzene rings is 2. The fraction of sp³-hybridized carbons (Fsp3) is 0.143. The Balaban J connectivity index is 2.44. The van der Waals surface area contributed by atoms with Crippen molar-refractivity contribution >= 4 is 34.8 Å². The van der Waals surface area contributed by atoms with Crippen molar-refractivity contribution in [2.45, 2.75) is 6.04 Å². The lowest BCUT2D eigenvalue weighted by atomic mass is 9.99. The number of rotatable bonds is 3. The minimum Gasteiger partial charge on any atom is -0.495 e. The van der Waals surface area contributed by atoms with Gasteiger partial charge in [0.2, 0.25) is 0 Å². The molecule has 0 aromatic heterocycles. The molecule has 2 aromatic carbocycles. The molecule has 0 saturated heterocycles. The Bertz CT molecular complexity index is 601. The Labute approximate surface area is 127 Å². The Morgan fingerprint density at radius 2 is 1.79 bits per heavy atom. The van der Waals surface area contributed by atoms with Crippen LogP contribution in [0.4, 0.5) is 0 Å². The van der Waals surface area contributed by atoms with Gasteiger partial charge in [0, 0.05) is 0 Å². The average molecular weight is 317 g/mol. The molecule has 0 radical (unpaired) electrons. The minimum atomic E-state index is -0.391. The lowest BCUT2D eigenvalue weighted by Gasteiger charge is -2.16. The second-order valence-electron chi connectivity index (χ2n) is 4.01. The summed E-state index contributed by atoms with van der Waals surface area (Å²) in [6.45, 7) is 0. The highest BCUT2D eigenvalue weighted by Crippen LogP contribution is 2.34. The molecule has 1 atom stereocenters. The molecular weight excluding hydrogens is 305 g/mol. The summed E-state index contributed by atoms with van der Waals surface area (Å²) in [5.41, 5.74) is 7.83. The van der Waals surface area contributed by atoms with Crippen molar-refractivity contribution < 1.29 is 4.74 Å². The molecule has 0 bridgehead atoms. The number of methoxy groups -OCH3 is 1. The Morgan fingerprint density at radius 1 is 1.05 bits per heavy atom. The van der Waals surface area contributed by atoms with Crippen molar-refractivity contribution in [3.63, 3.8) is 0 Å². The maximum absolute atomic E-state index is 6.22. The molecule has 0 heterocycles. The van der Waals surface area contributed by atoms with Crippen molar-refractivity contribution in [3.05, 3.63) is 62.6 Å². The van der Waals surface area contributed by atoms with Crippen LogP contribution in [0.5, 0.6) is 5.75 Å². The van der Waals surface area contributed by atoms with Crippen LogP contribution in [0.1, 0.15) is 17.2 Å². The summed E-state index contributed by atoms with van der Waals surface area (Å²) in [4.78, 5) is 0. The Morgan fingerprint density at radius 3 is 2.47 bits per heavy atom. The van der Waals surface area contributed by atoms with Gasteiger partial charge in [0.15, 0.2) is 0 Å². The zero-order valence-electron chi connectivity index (χ0n) is 10.2. The van der Waals surface area contributed by atoms with Crippen LogP contribution < -0.4 is 10.5 Å². The van der Waals surface area contributed by atoms with Gasteiger partial charge in [-0.2, -0.15) is 0 Å². The second kappa shape index (κ2) is 6.02. The minimum absolute atomic E-state index is 0.391. The first-order chi connectivity index (χ1) is 9.04. The van der Waals surface area contributed by atoms with Crippen LogP contribution in [0.3, 0.4) is 0 Å². The summed E-state index contributed by atoms with van der Waals surface area (Å²) in [6, 6.07) is 10.4. The van der Waals surface area contributed by atoms with E-state index in [2.05, 4.69) is 0 Å². The smallest absolute Gasteiger partial charge is 0.137 e. The van der Waals surface area contributed by atoms with E-state index in [4.69, 9.17) is 45.3 Å². The molecule has 0 amide bonds. The van der Waals surface area contributed by atoms with Crippen LogP contribution in [-0.4, -0.2) is 7.11 Å². The molecule has 0 aliphatic carbocycles. The SMILES string of the molecule is COc1cc(C(N)c2cccc(Cl)c2Cl)ccc1Cl. The fourth-order valence-electron chi connectivity index (χ4n) is 1.81. The van der Waals surface area contributed by atoms with E-state index >= 15 is 0 Å². The third-order valence-electron chi connectivity index (χ3n) is 2.85. The normalized spacial score (nSPS) is 12.3. The molecule has 2 rings (SSSR count). The molecule has 0 aliphatic heterocycles. The van der Waals surface area contributed by atoms with Gasteiger partial charge in [-0.3, -0.25) is 0 Å². The summed E-state index contributed by atoms with van der Waals surface area (Å²) in [5, 5.41) is 1.48. The molecular formula is C14H12Cl3NO. The summed E-state index contributed by atoms with van der Waals surface area (Å²) in [5.74, 6) is 0.577. The van der Waals surface area contributed by atoms with Crippen LogP contribution in [0.25, 0.3) is 0 Å². The van der Waals surface area contributed by atoms with Crippen molar-refractivity contribution in [3.8, 4) is 5.75 Å². The standard InChI is InChI=1S/C14H12Cl3NO/c1-19-12-7-8(5-6-10(12)15)14(18)9-3-2-4-11(16)13(9)17/h2-7,14H,18H2,1H3. The van der Waals surface area contributed by atoms with E-state index in [9.17, 15) is 0 Å². The molecule has 1 unspecified atom stereocenters. The van der Waals surface area contributed by atoms with Gasteiger partial charge >= 0.3 is 0 Å². The summed E-state index contributed by atoms with van der Waals surface area (Å²) in [7, 11) is 1.56. The third-order valence-corrected chi connectivity index (χ3v) is 4.00. The average Bonchev–Trinajstić information content (AvgIpc) is 2.41. The van der Waals surface area contributed by atoms with E-state index in [1.807, 2.05) is 18.2 Å². The van der Waals surface area contributed by atoms with E-state index in [-0.39, 0.29) is 0 Å². The monoisotopic (exact) mass is 315 g/mol. The van der Waals surface area contributed by atoms with Gasteiger partial charge in [-0.1, -0.05) is 53.0 Å². The van der Waals surface area contributed by atoms with Gasteiger partial charge in [-0.15, -0.1) is 0 Å². The van der Waals surface area contributed by atoms with E-state index in [0.29, 0.717) is 20.8 Å². The molecule has 5 heteroatoms. The van der Waals surface area contributed by atoms with Crippen molar-refractivity contribution in [2.75, 3.05) is 7.11 Å². The molecule has 2 N–H and O–H groups in total. The predicted octanol–water partition coefficient (Wildman–Crippen LogP) is 4.70. The summed E-state index contributed by atoms with van der Waals surface area (Å²) < 4.78 is 5.18. The van der Waals surface area contributed by atoms with Crippen molar-refractivity contribution in [2.24, 2.45) is 5.73 Å². The fourth-order valence-corrected chi connectivity index (χ4v) is 2.43. The quantitative estimate of drug-likeness (QED) is 0.890. The lowest BCUT2D eigenvalue weighted by molar-refractivity contribution is 0.414. The molecule has 2 aromatic rings. The second-order valence-corrected chi connectivity index (χ2v) is 5.21.